The molecule has 1 aromatic heterocycles. The Morgan fingerprint density at radius 3 is 2.70 bits per heavy atom. The van der Waals surface area contributed by atoms with Gasteiger partial charge in [0.2, 0.25) is 11.8 Å². The molecular weight excluding hydrogens is 254 g/mol. The highest BCUT2D eigenvalue weighted by molar-refractivity contribution is 5.90. The molecule has 2 unspecified atom stereocenters. The molecule has 0 aromatic carbocycles. The molecule has 0 bridgehead atoms. The molecule has 2 atom stereocenters. The molecule has 1 fully saturated rings. The maximum Gasteiger partial charge on any atom is 0.245 e. The summed E-state index contributed by atoms with van der Waals surface area (Å²) >= 11 is 0. The zero-order valence-corrected chi connectivity index (χ0v) is 12.0. The van der Waals surface area contributed by atoms with Crippen LogP contribution < -0.4 is 5.32 Å². The van der Waals surface area contributed by atoms with Crippen molar-refractivity contribution in [3.8, 4) is 0 Å². The van der Waals surface area contributed by atoms with Gasteiger partial charge in [-0.3, -0.25) is 14.6 Å². The normalized spacial score (nSPS) is 23.4. The summed E-state index contributed by atoms with van der Waals surface area (Å²) < 4.78 is 0. The van der Waals surface area contributed by atoms with Gasteiger partial charge in [-0.25, -0.2) is 0 Å². The standard InChI is InChI=1S/C15H21N3O2/c1-3-4-13-15(20)18(11(2)9-14(19)17-13)10-12-5-7-16-8-6-12/h5-8,11,13H,3-4,9-10H2,1-2H3,(H,17,19). The zero-order valence-electron chi connectivity index (χ0n) is 12.0. The van der Waals surface area contributed by atoms with E-state index >= 15 is 0 Å². The number of amides is 2. The average molecular weight is 275 g/mol. The van der Waals surface area contributed by atoms with Crippen molar-refractivity contribution in [2.24, 2.45) is 0 Å². The predicted molar refractivity (Wildman–Crippen MR) is 75.7 cm³/mol. The third-order valence-corrected chi connectivity index (χ3v) is 3.61. The first-order valence-corrected chi connectivity index (χ1v) is 7.10. The van der Waals surface area contributed by atoms with Crippen molar-refractivity contribution in [1.29, 1.82) is 0 Å². The highest BCUT2D eigenvalue weighted by Gasteiger charge is 2.33. The molecule has 1 aromatic rings. The molecule has 0 aliphatic carbocycles. The molecule has 2 amide bonds. The Labute approximate surface area is 119 Å². The van der Waals surface area contributed by atoms with Crippen molar-refractivity contribution < 1.29 is 9.59 Å². The van der Waals surface area contributed by atoms with Crippen LogP contribution in [0.5, 0.6) is 0 Å². The lowest BCUT2D eigenvalue weighted by atomic mass is 10.1. The van der Waals surface area contributed by atoms with Gasteiger partial charge in [0.25, 0.3) is 0 Å². The van der Waals surface area contributed by atoms with Crippen LogP contribution in [0.4, 0.5) is 0 Å². The fourth-order valence-electron chi connectivity index (χ4n) is 2.51. The number of pyridine rings is 1. The van der Waals surface area contributed by atoms with E-state index in [1.165, 1.54) is 0 Å². The van der Waals surface area contributed by atoms with E-state index in [9.17, 15) is 9.59 Å². The molecule has 0 saturated carbocycles. The number of carbonyl (C=O) groups excluding carboxylic acids is 2. The number of rotatable bonds is 4. The highest BCUT2D eigenvalue weighted by Crippen LogP contribution is 2.17. The van der Waals surface area contributed by atoms with Gasteiger partial charge in [-0.1, -0.05) is 13.3 Å². The van der Waals surface area contributed by atoms with Gasteiger partial charge in [-0.15, -0.1) is 0 Å². The van der Waals surface area contributed by atoms with Crippen LogP contribution in [0.3, 0.4) is 0 Å². The van der Waals surface area contributed by atoms with Gasteiger partial charge in [-0.05, 0) is 31.0 Å². The lowest BCUT2D eigenvalue weighted by Gasteiger charge is -2.28. The number of nitrogens with one attached hydrogen (secondary N) is 1. The highest BCUT2D eigenvalue weighted by atomic mass is 16.2. The summed E-state index contributed by atoms with van der Waals surface area (Å²) in [7, 11) is 0. The predicted octanol–water partition coefficient (Wildman–Crippen LogP) is 1.49. The van der Waals surface area contributed by atoms with E-state index in [4.69, 9.17) is 0 Å². The van der Waals surface area contributed by atoms with Crippen molar-refractivity contribution in [3.63, 3.8) is 0 Å². The molecule has 2 rings (SSSR count). The lowest BCUT2D eigenvalue weighted by molar-refractivity contribution is -0.135. The molecule has 1 aliphatic heterocycles. The minimum atomic E-state index is -0.390. The second kappa shape index (κ2) is 6.50. The second-order valence-corrected chi connectivity index (χ2v) is 5.28. The first-order valence-electron chi connectivity index (χ1n) is 7.10. The van der Waals surface area contributed by atoms with E-state index in [1.54, 1.807) is 17.3 Å². The fraction of sp³-hybridized carbons (Fsp3) is 0.533. The molecule has 1 saturated heterocycles. The summed E-state index contributed by atoms with van der Waals surface area (Å²) in [6.45, 7) is 4.46. The van der Waals surface area contributed by atoms with Crippen LogP contribution in [-0.2, 0) is 16.1 Å². The summed E-state index contributed by atoms with van der Waals surface area (Å²) in [5.74, 6) is -0.0245. The van der Waals surface area contributed by atoms with E-state index in [-0.39, 0.29) is 23.9 Å². The number of carbonyl (C=O) groups is 2. The van der Waals surface area contributed by atoms with Gasteiger partial charge in [0.15, 0.2) is 0 Å². The Balaban J connectivity index is 2.19. The van der Waals surface area contributed by atoms with Gasteiger partial charge in [0, 0.05) is 31.4 Å². The number of nitrogens with zero attached hydrogens (tertiary/aromatic N) is 2. The van der Waals surface area contributed by atoms with Crippen LogP contribution in [-0.4, -0.2) is 33.8 Å². The Hall–Kier alpha value is -1.91. The lowest BCUT2D eigenvalue weighted by Crippen LogP contribution is -2.45. The smallest absolute Gasteiger partial charge is 0.245 e. The topological polar surface area (TPSA) is 62.3 Å². The Morgan fingerprint density at radius 1 is 1.35 bits per heavy atom. The maximum absolute atomic E-state index is 12.6. The first-order chi connectivity index (χ1) is 9.61. The minimum absolute atomic E-state index is 0.0158. The number of hydrogen-bond acceptors (Lipinski definition) is 3. The Morgan fingerprint density at radius 2 is 2.05 bits per heavy atom. The molecule has 1 aliphatic rings. The quantitative estimate of drug-likeness (QED) is 0.905. The van der Waals surface area contributed by atoms with Gasteiger partial charge < -0.3 is 10.2 Å². The van der Waals surface area contributed by atoms with Crippen molar-refractivity contribution in [1.82, 2.24) is 15.2 Å². The molecule has 0 spiro atoms. The van der Waals surface area contributed by atoms with Crippen LogP contribution in [0.1, 0.15) is 38.7 Å². The minimum Gasteiger partial charge on any atom is -0.344 e. The van der Waals surface area contributed by atoms with Crippen molar-refractivity contribution in [2.75, 3.05) is 0 Å². The van der Waals surface area contributed by atoms with Gasteiger partial charge in [-0.2, -0.15) is 0 Å². The van der Waals surface area contributed by atoms with E-state index in [2.05, 4.69) is 10.3 Å². The summed E-state index contributed by atoms with van der Waals surface area (Å²) in [4.78, 5) is 30.2. The van der Waals surface area contributed by atoms with Crippen molar-refractivity contribution in [3.05, 3.63) is 30.1 Å². The molecule has 2 heterocycles. The first kappa shape index (κ1) is 14.5. The van der Waals surface area contributed by atoms with Crippen LogP contribution in [0.25, 0.3) is 0 Å². The van der Waals surface area contributed by atoms with E-state index < -0.39 is 0 Å². The third kappa shape index (κ3) is 3.35. The molecule has 108 valence electrons. The van der Waals surface area contributed by atoms with E-state index in [0.29, 0.717) is 19.4 Å². The summed E-state index contributed by atoms with van der Waals surface area (Å²) in [5.41, 5.74) is 1.03. The molecule has 1 N–H and O–H groups in total. The summed E-state index contributed by atoms with van der Waals surface area (Å²) in [5, 5.41) is 2.83. The average Bonchev–Trinajstić information content (AvgIpc) is 2.52. The van der Waals surface area contributed by atoms with E-state index in [0.717, 1.165) is 12.0 Å². The van der Waals surface area contributed by atoms with Crippen molar-refractivity contribution >= 4 is 11.8 Å². The molecule has 5 heteroatoms. The maximum atomic E-state index is 12.6. The molecule has 5 nitrogen and oxygen atoms in total. The molecule has 0 radical (unpaired) electrons. The largest absolute Gasteiger partial charge is 0.344 e. The Bertz CT molecular complexity index is 475. The summed E-state index contributed by atoms with van der Waals surface area (Å²) in [6.07, 6.45) is 5.35. The van der Waals surface area contributed by atoms with Crippen LogP contribution in [0.15, 0.2) is 24.5 Å². The fourth-order valence-corrected chi connectivity index (χ4v) is 2.51. The number of aromatic nitrogens is 1. The van der Waals surface area contributed by atoms with Gasteiger partial charge >= 0.3 is 0 Å². The summed E-state index contributed by atoms with van der Waals surface area (Å²) in [6, 6.07) is 3.32. The van der Waals surface area contributed by atoms with E-state index in [1.807, 2.05) is 26.0 Å². The molecule has 20 heavy (non-hydrogen) atoms. The second-order valence-electron chi connectivity index (χ2n) is 5.28. The van der Waals surface area contributed by atoms with Crippen molar-refractivity contribution in [2.45, 2.75) is 51.7 Å². The SMILES string of the molecule is CCCC1NC(=O)CC(C)N(Cc2ccncc2)C1=O. The Kier molecular flexibility index (Phi) is 4.71. The van der Waals surface area contributed by atoms with Gasteiger partial charge in [0.1, 0.15) is 6.04 Å². The van der Waals surface area contributed by atoms with Gasteiger partial charge in [0.05, 0.1) is 0 Å². The third-order valence-electron chi connectivity index (χ3n) is 3.61. The molecular formula is C15H21N3O2. The monoisotopic (exact) mass is 275 g/mol. The zero-order chi connectivity index (χ0) is 14.5. The number of hydrogen-bond donors (Lipinski definition) is 1. The van der Waals surface area contributed by atoms with Crippen LogP contribution in [0.2, 0.25) is 0 Å². The van der Waals surface area contributed by atoms with Crippen LogP contribution >= 0.6 is 0 Å². The van der Waals surface area contributed by atoms with Crippen LogP contribution in [0, 0.1) is 0 Å².